The maximum Gasteiger partial charge on any atom is 0.220 e. The molecule has 158 valence electrons. The molecule has 0 saturated carbocycles. The van der Waals surface area contributed by atoms with E-state index in [1.165, 1.54) is 37.1 Å². The van der Waals surface area contributed by atoms with E-state index in [1.807, 2.05) is 20.3 Å². The topological polar surface area (TPSA) is 51.7 Å². The van der Waals surface area contributed by atoms with Crippen LogP contribution in [0.25, 0.3) is 0 Å². The van der Waals surface area contributed by atoms with Crippen LogP contribution < -0.4 is 10.2 Å². The number of hydrogen-bond acceptors (Lipinski definition) is 6. The molecule has 0 aromatic carbocycles. The second-order valence-electron chi connectivity index (χ2n) is 8.49. The molecule has 1 aromatic heterocycles. The fraction of sp³-hybridized carbons (Fsp3) is 0.810. The Labute approximate surface area is 174 Å². The van der Waals surface area contributed by atoms with Crippen LogP contribution in [0.15, 0.2) is 6.20 Å². The van der Waals surface area contributed by atoms with Gasteiger partial charge in [0.25, 0.3) is 0 Å². The minimum absolute atomic E-state index is 0.242. The number of piperidine rings is 1. The Morgan fingerprint density at radius 3 is 2.75 bits per heavy atom. The lowest BCUT2D eigenvalue weighted by atomic mass is 9.92. The van der Waals surface area contributed by atoms with Gasteiger partial charge in [-0.1, -0.05) is 6.92 Å². The zero-order valence-corrected chi connectivity index (χ0v) is 18.6. The van der Waals surface area contributed by atoms with E-state index in [-0.39, 0.29) is 5.91 Å². The van der Waals surface area contributed by atoms with Crippen molar-refractivity contribution in [3.05, 3.63) is 11.1 Å². The summed E-state index contributed by atoms with van der Waals surface area (Å²) < 4.78 is 0. The number of nitrogens with one attached hydrogen (secondary N) is 1. The van der Waals surface area contributed by atoms with Crippen molar-refractivity contribution in [1.29, 1.82) is 0 Å². The molecule has 0 aliphatic carbocycles. The number of amides is 1. The number of likely N-dealkylation sites (tertiary alicyclic amines) is 2. The van der Waals surface area contributed by atoms with E-state index in [0.717, 1.165) is 44.3 Å². The second-order valence-corrected chi connectivity index (χ2v) is 9.58. The molecule has 28 heavy (non-hydrogen) atoms. The minimum atomic E-state index is 0.242. The summed E-state index contributed by atoms with van der Waals surface area (Å²) in [7, 11) is 4.08. The molecular formula is C21H37N5OS. The summed E-state index contributed by atoms with van der Waals surface area (Å²) in [5.74, 6) is 0.936. The highest BCUT2D eigenvalue weighted by Crippen LogP contribution is 2.26. The lowest BCUT2D eigenvalue weighted by molar-refractivity contribution is -0.121. The molecule has 2 aliphatic rings. The third-order valence-electron chi connectivity index (χ3n) is 6.23. The molecule has 2 saturated heterocycles. The van der Waals surface area contributed by atoms with Crippen LogP contribution in [0.5, 0.6) is 0 Å². The Hall–Kier alpha value is -1.18. The van der Waals surface area contributed by atoms with Gasteiger partial charge in [0.05, 0.1) is 0 Å². The predicted octanol–water partition coefficient (Wildman–Crippen LogP) is 2.80. The van der Waals surface area contributed by atoms with Crippen LogP contribution in [0, 0.1) is 5.92 Å². The highest BCUT2D eigenvalue weighted by Gasteiger charge is 2.24. The van der Waals surface area contributed by atoms with Gasteiger partial charge >= 0.3 is 0 Å². The molecule has 1 aromatic rings. The minimum Gasteiger partial charge on any atom is -0.355 e. The SMILES string of the molecule is CCN1CCC[C@@H]1CNC(=O)CCC1CCN(Cc2cnc(N(C)C)s2)CC1. The third-order valence-corrected chi connectivity index (χ3v) is 7.38. The van der Waals surface area contributed by atoms with Gasteiger partial charge in [0.2, 0.25) is 5.91 Å². The van der Waals surface area contributed by atoms with Crippen LogP contribution in [0.1, 0.15) is 50.3 Å². The Kier molecular flexibility index (Phi) is 8.11. The molecule has 0 radical (unpaired) electrons. The molecule has 0 bridgehead atoms. The van der Waals surface area contributed by atoms with Crippen molar-refractivity contribution in [3.8, 4) is 0 Å². The van der Waals surface area contributed by atoms with E-state index in [1.54, 1.807) is 11.3 Å². The fourth-order valence-electron chi connectivity index (χ4n) is 4.43. The van der Waals surface area contributed by atoms with Gasteiger partial charge in [-0.2, -0.15) is 0 Å². The number of carbonyl (C=O) groups is 1. The summed E-state index contributed by atoms with van der Waals surface area (Å²) in [6.45, 7) is 8.60. The largest absolute Gasteiger partial charge is 0.355 e. The molecule has 2 fully saturated rings. The highest BCUT2D eigenvalue weighted by atomic mass is 32.1. The first-order chi connectivity index (χ1) is 13.5. The molecule has 1 atom stereocenters. The van der Waals surface area contributed by atoms with Crippen LogP contribution >= 0.6 is 11.3 Å². The summed E-state index contributed by atoms with van der Waals surface area (Å²) in [5.41, 5.74) is 0. The maximum atomic E-state index is 12.3. The lowest BCUT2D eigenvalue weighted by Gasteiger charge is -2.31. The van der Waals surface area contributed by atoms with Crippen molar-refractivity contribution < 1.29 is 4.79 Å². The molecule has 0 unspecified atom stereocenters. The van der Waals surface area contributed by atoms with Crippen molar-refractivity contribution in [3.63, 3.8) is 0 Å². The lowest BCUT2D eigenvalue weighted by Crippen LogP contribution is -2.40. The maximum absolute atomic E-state index is 12.3. The van der Waals surface area contributed by atoms with Crippen molar-refractivity contribution in [2.45, 2.75) is 58.0 Å². The van der Waals surface area contributed by atoms with Gasteiger partial charge in [0.1, 0.15) is 0 Å². The number of hydrogen-bond donors (Lipinski definition) is 1. The molecule has 3 heterocycles. The predicted molar refractivity (Wildman–Crippen MR) is 117 cm³/mol. The van der Waals surface area contributed by atoms with Crippen LogP contribution in [0.3, 0.4) is 0 Å². The quantitative estimate of drug-likeness (QED) is 0.682. The zero-order valence-electron chi connectivity index (χ0n) is 17.8. The van der Waals surface area contributed by atoms with Crippen LogP contribution in [0.4, 0.5) is 5.13 Å². The Balaban J connectivity index is 1.30. The van der Waals surface area contributed by atoms with E-state index >= 15 is 0 Å². The van der Waals surface area contributed by atoms with E-state index < -0.39 is 0 Å². The second kappa shape index (κ2) is 10.6. The van der Waals surface area contributed by atoms with Crippen LogP contribution in [0.2, 0.25) is 0 Å². The molecule has 0 spiro atoms. The zero-order chi connectivity index (χ0) is 19.9. The van der Waals surface area contributed by atoms with Gasteiger partial charge in [0.15, 0.2) is 5.13 Å². The summed E-state index contributed by atoms with van der Waals surface area (Å²) >= 11 is 1.78. The van der Waals surface area contributed by atoms with Crippen LogP contribution in [-0.2, 0) is 11.3 Å². The number of carbonyl (C=O) groups excluding carboxylic acids is 1. The monoisotopic (exact) mass is 407 g/mol. The Morgan fingerprint density at radius 1 is 1.29 bits per heavy atom. The van der Waals surface area contributed by atoms with Crippen molar-refractivity contribution in [2.24, 2.45) is 5.92 Å². The molecule has 1 amide bonds. The van der Waals surface area contributed by atoms with E-state index in [2.05, 4.69) is 31.9 Å². The normalized spacial score (nSPS) is 21.9. The van der Waals surface area contributed by atoms with Crippen LogP contribution in [-0.4, -0.2) is 73.6 Å². The summed E-state index contributed by atoms with van der Waals surface area (Å²) in [6.07, 6.45) is 8.64. The highest BCUT2D eigenvalue weighted by molar-refractivity contribution is 7.15. The van der Waals surface area contributed by atoms with Gasteiger partial charge in [-0.25, -0.2) is 4.98 Å². The first-order valence-electron chi connectivity index (χ1n) is 10.9. The Morgan fingerprint density at radius 2 is 2.07 bits per heavy atom. The Bertz CT molecular complexity index is 612. The molecule has 7 heteroatoms. The molecule has 3 rings (SSSR count). The van der Waals surface area contributed by atoms with Gasteiger partial charge < -0.3 is 10.2 Å². The van der Waals surface area contributed by atoms with E-state index in [9.17, 15) is 4.79 Å². The van der Waals surface area contributed by atoms with Crippen molar-refractivity contribution >= 4 is 22.4 Å². The number of likely N-dealkylation sites (N-methyl/N-ethyl adjacent to an activating group) is 1. The fourth-order valence-corrected chi connectivity index (χ4v) is 5.30. The van der Waals surface area contributed by atoms with Gasteiger partial charge in [-0.3, -0.25) is 14.6 Å². The van der Waals surface area contributed by atoms with Gasteiger partial charge in [-0.15, -0.1) is 11.3 Å². The smallest absolute Gasteiger partial charge is 0.220 e. The first-order valence-corrected chi connectivity index (χ1v) is 11.7. The number of rotatable bonds is 9. The van der Waals surface area contributed by atoms with Gasteiger partial charge in [0, 0.05) is 50.7 Å². The molecule has 1 N–H and O–H groups in total. The number of anilines is 1. The molecule has 6 nitrogen and oxygen atoms in total. The summed E-state index contributed by atoms with van der Waals surface area (Å²) in [6, 6.07) is 0.553. The standard InChI is InChI=1S/C21H37N5OS/c1-4-26-11-5-6-18(26)14-22-20(27)8-7-17-9-12-25(13-10-17)16-19-15-23-21(28-19)24(2)3/h15,17-18H,4-14,16H2,1-3H3,(H,22,27)/t18-/m1/s1. The van der Waals surface area contributed by atoms with Crippen molar-refractivity contribution in [1.82, 2.24) is 20.1 Å². The third kappa shape index (κ3) is 6.16. The summed E-state index contributed by atoms with van der Waals surface area (Å²) in [5, 5.41) is 4.26. The first kappa shape index (κ1) is 21.5. The van der Waals surface area contributed by atoms with E-state index in [4.69, 9.17) is 0 Å². The summed E-state index contributed by atoms with van der Waals surface area (Å²) in [4.78, 5) is 25.1. The average Bonchev–Trinajstić information content (AvgIpc) is 3.35. The number of thiazole rings is 1. The number of aromatic nitrogens is 1. The average molecular weight is 408 g/mol. The molecular weight excluding hydrogens is 370 g/mol. The number of nitrogens with zero attached hydrogens (tertiary/aromatic N) is 4. The molecule has 2 aliphatic heterocycles. The van der Waals surface area contributed by atoms with Crippen molar-refractivity contribution in [2.75, 3.05) is 51.7 Å². The van der Waals surface area contributed by atoms with Gasteiger partial charge in [-0.05, 0) is 64.2 Å². The van der Waals surface area contributed by atoms with E-state index in [0.29, 0.717) is 18.4 Å².